The van der Waals surface area contributed by atoms with Crippen LogP contribution in [0, 0.1) is 0 Å². The van der Waals surface area contributed by atoms with Crippen molar-refractivity contribution >= 4 is 5.91 Å². The Labute approximate surface area is 120 Å². The molecule has 112 valence electrons. The SMILES string of the molecule is CCN(CC)C(=O)COc1cc(OC)ccc1C(C)N. The number of nitrogens with two attached hydrogens (primary N) is 1. The van der Waals surface area contributed by atoms with Crippen LogP contribution in [-0.2, 0) is 4.79 Å². The molecule has 0 heterocycles. The number of likely N-dealkylation sites (N-methyl/N-ethyl adjacent to an activating group) is 1. The number of carbonyl (C=O) groups is 1. The van der Waals surface area contributed by atoms with Crippen molar-refractivity contribution in [2.45, 2.75) is 26.8 Å². The van der Waals surface area contributed by atoms with E-state index in [9.17, 15) is 4.79 Å². The zero-order valence-corrected chi connectivity index (χ0v) is 12.7. The van der Waals surface area contributed by atoms with Gasteiger partial charge in [-0.25, -0.2) is 0 Å². The number of carbonyl (C=O) groups excluding carboxylic acids is 1. The van der Waals surface area contributed by atoms with Gasteiger partial charge < -0.3 is 20.1 Å². The molecule has 0 saturated heterocycles. The third-order valence-electron chi connectivity index (χ3n) is 3.18. The molecular weight excluding hydrogens is 256 g/mol. The number of benzene rings is 1. The molecule has 1 amide bonds. The van der Waals surface area contributed by atoms with E-state index in [0.29, 0.717) is 24.6 Å². The van der Waals surface area contributed by atoms with Crippen molar-refractivity contribution in [1.82, 2.24) is 4.90 Å². The Morgan fingerprint density at radius 3 is 2.50 bits per heavy atom. The topological polar surface area (TPSA) is 64.8 Å². The molecule has 0 aliphatic heterocycles. The van der Waals surface area contributed by atoms with E-state index in [1.165, 1.54) is 0 Å². The van der Waals surface area contributed by atoms with Crippen molar-refractivity contribution in [3.63, 3.8) is 0 Å². The lowest BCUT2D eigenvalue weighted by Gasteiger charge is -2.20. The van der Waals surface area contributed by atoms with Crippen LogP contribution in [0.5, 0.6) is 11.5 Å². The van der Waals surface area contributed by atoms with Crippen molar-refractivity contribution in [2.75, 3.05) is 26.8 Å². The van der Waals surface area contributed by atoms with Crippen LogP contribution in [0.4, 0.5) is 0 Å². The summed E-state index contributed by atoms with van der Waals surface area (Å²) < 4.78 is 10.8. The molecule has 0 radical (unpaired) electrons. The Morgan fingerprint density at radius 1 is 1.35 bits per heavy atom. The predicted molar refractivity (Wildman–Crippen MR) is 79.0 cm³/mol. The number of methoxy groups -OCH3 is 1. The molecule has 1 unspecified atom stereocenters. The minimum absolute atomic E-state index is 0.00850. The van der Waals surface area contributed by atoms with Gasteiger partial charge in [-0.2, -0.15) is 0 Å². The first kappa shape index (κ1) is 16.3. The third-order valence-corrected chi connectivity index (χ3v) is 3.18. The number of rotatable bonds is 7. The summed E-state index contributed by atoms with van der Waals surface area (Å²) in [5.74, 6) is 1.24. The quantitative estimate of drug-likeness (QED) is 0.829. The summed E-state index contributed by atoms with van der Waals surface area (Å²) in [6.45, 7) is 7.13. The lowest BCUT2D eigenvalue weighted by molar-refractivity contribution is -0.132. The van der Waals surface area contributed by atoms with E-state index in [1.54, 1.807) is 18.1 Å². The Morgan fingerprint density at radius 2 is 2.00 bits per heavy atom. The van der Waals surface area contributed by atoms with Gasteiger partial charge >= 0.3 is 0 Å². The van der Waals surface area contributed by atoms with Gasteiger partial charge in [-0.05, 0) is 26.8 Å². The van der Waals surface area contributed by atoms with Crippen molar-refractivity contribution in [3.05, 3.63) is 23.8 Å². The molecular formula is C15H24N2O3. The fourth-order valence-corrected chi connectivity index (χ4v) is 1.95. The van der Waals surface area contributed by atoms with Crippen LogP contribution in [0.3, 0.4) is 0 Å². The monoisotopic (exact) mass is 280 g/mol. The number of hydrogen-bond donors (Lipinski definition) is 1. The molecule has 0 bridgehead atoms. The fraction of sp³-hybridized carbons (Fsp3) is 0.533. The zero-order valence-electron chi connectivity index (χ0n) is 12.7. The molecule has 20 heavy (non-hydrogen) atoms. The summed E-state index contributed by atoms with van der Waals surface area (Å²) >= 11 is 0. The molecule has 1 rings (SSSR count). The van der Waals surface area contributed by atoms with Gasteiger partial charge in [-0.15, -0.1) is 0 Å². The smallest absolute Gasteiger partial charge is 0.260 e. The van der Waals surface area contributed by atoms with E-state index in [4.69, 9.17) is 15.2 Å². The lowest BCUT2D eigenvalue weighted by atomic mass is 10.1. The average Bonchev–Trinajstić information content (AvgIpc) is 2.45. The average molecular weight is 280 g/mol. The molecule has 5 heteroatoms. The molecule has 2 N–H and O–H groups in total. The number of amides is 1. The van der Waals surface area contributed by atoms with Crippen molar-refractivity contribution in [3.8, 4) is 11.5 Å². The van der Waals surface area contributed by atoms with E-state index in [2.05, 4.69) is 0 Å². The first-order chi connectivity index (χ1) is 9.53. The Balaban J connectivity index is 2.82. The molecule has 0 spiro atoms. The van der Waals surface area contributed by atoms with Crippen molar-refractivity contribution in [2.24, 2.45) is 5.73 Å². The summed E-state index contributed by atoms with van der Waals surface area (Å²) in [4.78, 5) is 13.7. The molecule has 0 aliphatic rings. The normalized spacial score (nSPS) is 11.8. The molecule has 5 nitrogen and oxygen atoms in total. The van der Waals surface area contributed by atoms with Gasteiger partial charge in [0, 0.05) is 30.8 Å². The van der Waals surface area contributed by atoms with Gasteiger partial charge in [0.1, 0.15) is 11.5 Å². The fourth-order valence-electron chi connectivity index (χ4n) is 1.95. The third kappa shape index (κ3) is 4.13. The Bertz CT molecular complexity index is 443. The highest BCUT2D eigenvalue weighted by Crippen LogP contribution is 2.28. The van der Waals surface area contributed by atoms with Crippen LogP contribution in [0.1, 0.15) is 32.4 Å². The maximum Gasteiger partial charge on any atom is 0.260 e. The summed E-state index contributed by atoms with van der Waals surface area (Å²) in [7, 11) is 1.59. The van der Waals surface area contributed by atoms with Crippen LogP contribution >= 0.6 is 0 Å². The molecule has 0 saturated carbocycles. The van der Waals surface area contributed by atoms with E-state index in [0.717, 1.165) is 5.56 Å². The Kier molecular flexibility index (Phi) is 6.31. The standard InChI is InChI=1S/C15H24N2O3/c1-5-17(6-2)15(18)10-20-14-9-12(19-4)7-8-13(14)11(3)16/h7-9,11H,5-6,10,16H2,1-4H3. The van der Waals surface area contributed by atoms with Gasteiger partial charge in [0.25, 0.3) is 5.91 Å². The summed E-state index contributed by atoms with van der Waals surface area (Å²) in [6.07, 6.45) is 0. The van der Waals surface area contributed by atoms with Gasteiger partial charge in [0.05, 0.1) is 7.11 Å². The minimum Gasteiger partial charge on any atom is -0.497 e. The first-order valence-corrected chi connectivity index (χ1v) is 6.87. The van der Waals surface area contributed by atoms with Crippen LogP contribution in [0.25, 0.3) is 0 Å². The van der Waals surface area contributed by atoms with E-state index >= 15 is 0 Å². The number of hydrogen-bond acceptors (Lipinski definition) is 4. The maximum atomic E-state index is 12.0. The second-order valence-corrected chi connectivity index (χ2v) is 4.55. The molecule has 0 aliphatic carbocycles. The van der Waals surface area contributed by atoms with Crippen molar-refractivity contribution in [1.29, 1.82) is 0 Å². The summed E-state index contributed by atoms with van der Waals surface area (Å²) in [6, 6.07) is 5.28. The first-order valence-electron chi connectivity index (χ1n) is 6.87. The Hall–Kier alpha value is -1.75. The predicted octanol–water partition coefficient (Wildman–Crippen LogP) is 1.96. The van der Waals surface area contributed by atoms with E-state index in [1.807, 2.05) is 32.9 Å². The maximum absolute atomic E-state index is 12.0. The van der Waals surface area contributed by atoms with Crippen LogP contribution in [-0.4, -0.2) is 37.6 Å². The number of nitrogens with zero attached hydrogens (tertiary/aromatic N) is 1. The molecule has 1 aromatic carbocycles. The van der Waals surface area contributed by atoms with Gasteiger partial charge in [-0.1, -0.05) is 6.07 Å². The molecule has 0 aromatic heterocycles. The second-order valence-electron chi connectivity index (χ2n) is 4.55. The highest BCUT2D eigenvalue weighted by molar-refractivity contribution is 5.77. The highest BCUT2D eigenvalue weighted by Gasteiger charge is 2.14. The van der Waals surface area contributed by atoms with E-state index in [-0.39, 0.29) is 18.6 Å². The molecule has 0 fully saturated rings. The summed E-state index contributed by atoms with van der Waals surface area (Å²) in [5.41, 5.74) is 6.77. The van der Waals surface area contributed by atoms with Crippen LogP contribution in [0.2, 0.25) is 0 Å². The largest absolute Gasteiger partial charge is 0.497 e. The van der Waals surface area contributed by atoms with Gasteiger partial charge in [-0.3, -0.25) is 4.79 Å². The van der Waals surface area contributed by atoms with Crippen LogP contribution in [0.15, 0.2) is 18.2 Å². The van der Waals surface area contributed by atoms with E-state index < -0.39 is 0 Å². The molecule has 1 atom stereocenters. The van der Waals surface area contributed by atoms with Crippen LogP contribution < -0.4 is 15.2 Å². The lowest BCUT2D eigenvalue weighted by Crippen LogP contribution is -2.34. The van der Waals surface area contributed by atoms with Gasteiger partial charge in [0.15, 0.2) is 6.61 Å². The minimum atomic E-state index is -0.167. The second kappa shape index (κ2) is 7.75. The van der Waals surface area contributed by atoms with Gasteiger partial charge in [0.2, 0.25) is 0 Å². The highest BCUT2D eigenvalue weighted by atomic mass is 16.5. The zero-order chi connectivity index (χ0) is 15.1. The molecule has 1 aromatic rings. The van der Waals surface area contributed by atoms with Crippen molar-refractivity contribution < 1.29 is 14.3 Å². The number of ether oxygens (including phenoxy) is 2. The summed E-state index contributed by atoms with van der Waals surface area (Å²) in [5, 5.41) is 0.